The topological polar surface area (TPSA) is 81.0 Å². The van der Waals surface area contributed by atoms with Gasteiger partial charge in [-0.05, 0) is 31.5 Å². The van der Waals surface area contributed by atoms with Crippen molar-refractivity contribution in [3.63, 3.8) is 0 Å². The molecule has 8 nitrogen and oxygen atoms in total. The Bertz CT molecular complexity index is 1030. The summed E-state index contributed by atoms with van der Waals surface area (Å²) >= 11 is 0. The second-order valence-electron chi connectivity index (χ2n) is 7.46. The van der Waals surface area contributed by atoms with E-state index in [4.69, 9.17) is 9.47 Å². The van der Waals surface area contributed by atoms with Gasteiger partial charge in [-0.25, -0.2) is 9.50 Å². The number of benzene rings is 1. The van der Waals surface area contributed by atoms with Gasteiger partial charge in [-0.15, -0.1) is 0 Å². The smallest absolute Gasteiger partial charge is 0.254 e. The number of hydrogen-bond donors (Lipinski definition) is 1. The number of nitrogens with zero attached hydrogens (tertiary/aromatic N) is 4. The first kappa shape index (κ1) is 20.3. The Morgan fingerprint density at radius 2 is 1.97 bits per heavy atom. The van der Waals surface area contributed by atoms with Crippen LogP contribution < -0.4 is 10.1 Å². The molecule has 2 aromatic heterocycles. The fourth-order valence-corrected chi connectivity index (χ4v) is 3.84. The number of methoxy groups -OCH3 is 1. The molecule has 1 aliphatic heterocycles. The second kappa shape index (κ2) is 8.81. The van der Waals surface area contributed by atoms with E-state index in [1.165, 1.54) is 0 Å². The van der Waals surface area contributed by atoms with E-state index >= 15 is 0 Å². The summed E-state index contributed by atoms with van der Waals surface area (Å²) in [6.45, 7) is 7.32. The summed E-state index contributed by atoms with van der Waals surface area (Å²) in [7, 11) is 1.66. The number of ether oxygens (including phenoxy) is 2. The van der Waals surface area contributed by atoms with Gasteiger partial charge in [-0.1, -0.05) is 12.1 Å². The zero-order chi connectivity index (χ0) is 21.1. The largest absolute Gasteiger partial charge is 0.497 e. The minimum atomic E-state index is -0.151. The molecule has 1 saturated heterocycles. The van der Waals surface area contributed by atoms with E-state index < -0.39 is 0 Å². The van der Waals surface area contributed by atoms with Gasteiger partial charge in [-0.3, -0.25) is 9.69 Å². The van der Waals surface area contributed by atoms with Crippen molar-refractivity contribution in [2.45, 2.75) is 19.9 Å². The SMILES string of the molecule is COc1ccc([C@H](CNC(=O)c2cnc3cc(C)nn3c2C)N2CCOCC2)cc1. The van der Waals surface area contributed by atoms with E-state index in [9.17, 15) is 4.79 Å². The van der Waals surface area contributed by atoms with Gasteiger partial charge in [0.1, 0.15) is 5.75 Å². The number of nitrogens with one attached hydrogen (secondary N) is 1. The molecule has 0 radical (unpaired) electrons. The van der Waals surface area contributed by atoms with Crippen molar-refractivity contribution in [3.8, 4) is 5.75 Å². The monoisotopic (exact) mass is 409 g/mol. The molecule has 1 fully saturated rings. The summed E-state index contributed by atoms with van der Waals surface area (Å²) in [5.41, 5.74) is 4.05. The van der Waals surface area contributed by atoms with Crippen molar-refractivity contribution in [3.05, 3.63) is 59.0 Å². The predicted molar refractivity (Wildman–Crippen MR) is 113 cm³/mol. The van der Waals surface area contributed by atoms with Crippen LogP contribution in [-0.2, 0) is 4.74 Å². The van der Waals surface area contributed by atoms with Crippen molar-refractivity contribution >= 4 is 11.6 Å². The number of morpholine rings is 1. The molecule has 0 bridgehead atoms. The molecule has 1 aliphatic rings. The summed E-state index contributed by atoms with van der Waals surface area (Å²) in [5.74, 6) is 0.662. The first-order chi connectivity index (χ1) is 14.6. The summed E-state index contributed by atoms with van der Waals surface area (Å²) in [5, 5.41) is 7.53. The highest BCUT2D eigenvalue weighted by Gasteiger charge is 2.24. The Morgan fingerprint density at radius 1 is 1.23 bits per heavy atom. The molecule has 30 heavy (non-hydrogen) atoms. The van der Waals surface area contributed by atoms with Crippen LogP contribution >= 0.6 is 0 Å². The fourth-order valence-electron chi connectivity index (χ4n) is 3.84. The molecule has 1 amide bonds. The van der Waals surface area contributed by atoms with Crippen molar-refractivity contribution in [1.29, 1.82) is 0 Å². The average Bonchev–Trinajstić information content (AvgIpc) is 3.16. The molecule has 158 valence electrons. The van der Waals surface area contributed by atoms with Gasteiger partial charge < -0.3 is 14.8 Å². The van der Waals surface area contributed by atoms with Crippen LogP contribution in [0.1, 0.15) is 33.4 Å². The first-order valence-electron chi connectivity index (χ1n) is 10.1. The predicted octanol–water partition coefficient (Wildman–Crippen LogP) is 2.16. The summed E-state index contributed by atoms with van der Waals surface area (Å²) < 4.78 is 12.5. The Kier molecular flexibility index (Phi) is 5.96. The average molecular weight is 409 g/mol. The quantitative estimate of drug-likeness (QED) is 0.672. The summed E-state index contributed by atoms with van der Waals surface area (Å²) in [6.07, 6.45) is 1.62. The minimum Gasteiger partial charge on any atom is -0.497 e. The minimum absolute atomic E-state index is 0.0488. The highest BCUT2D eigenvalue weighted by Crippen LogP contribution is 2.24. The Balaban J connectivity index is 1.54. The molecule has 3 aromatic rings. The van der Waals surface area contributed by atoms with E-state index in [0.717, 1.165) is 41.4 Å². The standard InChI is InChI=1S/C22H27N5O3/c1-15-12-21-23-13-19(16(2)27(21)25-15)22(28)24-14-20(26-8-10-30-11-9-26)17-4-6-18(29-3)7-5-17/h4-7,12-13,20H,8-11,14H2,1-3H3,(H,24,28)/t20-/m0/s1. The van der Waals surface area contributed by atoms with Gasteiger partial charge in [0.25, 0.3) is 5.91 Å². The number of carbonyl (C=O) groups excluding carboxylic acids is 1. The number of hydrogen-bond acceptors (Lipinski definition) is 6. The van der Waals surface area contributed by atoms with E-state index in [1.54, 1.807) is 17.8 Å². The molecule has 0 spiro atoms. The molecule has 4 rings (SSSR count). The van der Waals surface area contributed by atoms with Crippen LogP contribution in [0.25, 0.3) is 5.65 Å². The zero-order valence-corrected chi connectivity index (χ0v) is 17.6. The highest BCUT2D eigenvalue weighted by molar-refractivity contribution is 5.95. The van der Waals surface area contributed by atoms with E-state index in [-0.39, 0.29) is 11.9 Å². The van der Waals surface area contributed by atoms with Crippen LogP contribution in [0.4, 0.5) is 0 Å². The normalized spacial score (nSPS) is 15.8. The molecule has 0 unspecified atom stereocenters. The maximum atomic E-state index is 13.0. The molecule has 8 heteroatoms. The van der Waals surface area contributed by atoms with Crippen LogP contribution in [0.3, 0.4) is 0 Å². The van der Waals surface area contributed by atoms with Crippen LogP contribution in [-0.4, -0.2) is 65.4 Å². The van der Waals surface area contributed by atoms with Gasteiger partial charge in [0.15, 0.2) is 5.65 Å². The molecule has 0 saturated carbocycles. The van der Waals surface area contributed by atoms with Crippen molar-refractivity contribution in [2.24, 2.45) is 0 Å². The molecule has 0 aliphatic carbocycles. The maximum absolute atomic E-state index is 13.0. The van der Waals surface area contributed by atoms with E-state index in [0.29, 0.717) is 25.3 Å². The maximum Gasteiger partial charge on any atom is 0.254 e. The third kappa shape index (κ3) is 4.15. The molecular weight excluding hydrogens is 382 g/mol. The van der Waals surface area contributed by atoms with Gasteiger partial charge in [0.2, 0.25) is 0 Å². The van der Waals surface area contributed by atoms with E-state index in [1.807, 2.05) is 32.0 Å². The summed E-state index contributed by atoms with van der Waals surface area (Å²) in [4.78, 5) is 19.7. The zero-order valence-electron chi connectivity index (χ0n) is 17.6. The van der Waals surface area contributed by atoms with Gasteiger partial charge in [-0.2, -0.15) is 5.10 Å². The fraction of sp³-hybridized carbons (Fsp3) is 0.409. The molecule has 1 aromatic carbocycles. The second-order valence-corrected chi connectivity index (χ2v) is 7.46. The Labute approximate surface area is 175 Å². The third-order valence-electron chi connectivity index (χ3n) is 5.53. The number of aryl methyl sites for hydroxylation is 2. The first-order valence-corrected chi connectivity index (χ1v) is 10.1. The number of fused-ring (bicyclic) bond motifs is 1. The number of rotatable bonds is 6. The third-order valence-corrected chi connectivity index (χ3v) is 5.53. The Morgan fingerprint density at radius 3 is 2.67 bits per heavy atom. The molecule has 1 N–H and O–H groups in total. The molecular formula is C22H27N5O3. The van der Waals surface area contributed by atoms with Crippen LogP contribution in [0.5, 0.6) is 5.75 Å². The van der Waals surface area contributed by atoms with Crippen molar-refractivity contribution < 1.29 is 14.3 Å². The van der Waals surface area contributed by atoms with E-state index in [2.05, 4.69) is 32.4 Å². The van der Waals surface area contributed by atoms with Crippen LogP contribution in [0.2, 0.25) is 0 Å². The number of carbonyl (C=O) groups is 1. The van der Waals surface area contributed by atoms with Gasteiger partial charge in [0.05, 0.1) is 43.3 Å². The summed E-state index contributed by atoms with van der Waals surface area (Å²) in [6, 6.07) is 9.95. The lowest BCUT2D eigenvalue weighted by Crippen LogP contribution is -2.44. The number of amides is 1. The molecule has 3 heterocycles. The Hall–Kier alpha value is -2.97. The highest BCUT2D eigenvalue weighted by atomic mass is 16.5. The van der Waals surface area contributed by atoms with Crippen LogP contribution in [0, 0.1) is 13.8 Å². The van der Waals surface area contributed by atoms with Gasteiger partial charge in [0, 0.05) is 31.9 Å². The van der Waals surface area contributed by atoms with Crippen LogP contribution in [0.15, 0.2) is 36.5 Å². The van der Waals surface area contributed by atoms with Crippen molar-refractivity contribution in [2.75, 3.05) is 40.0 Å². The van der Waals surface area contributed by atoms with Crippen molar-refractivity contribution in [1.82, 2.24) is 24.8 Å². The lowest BCUT2D eigenvalue weighted by molar-refractivity contribution is 0.0162. The number of aromatic nitrogens is 3. The lowest BCUT2D eigenvalue weighted by Gasteiger charge is -2.35. The molecule has 1 atom stereocenters. The lowest BCUT2D eigenvalue weighted by atomic mass is 10.0. The van der Waals surface area contributed by atoms with Gasteiger partial charge >= 0.3 is 0 Å².